The molecular weight excluding hydrogens is 266 g/mol. The second kappa shape index (κ2) is 6.13. The van der Waals surface area contributed by atoms with E-state index in [0.29, 0.717) is 12.4 Å². The van der Waals surface area contributed by atoms with Crippen molar-refractivity contribution in [2.45, 2.75) is 13.0 Å². The van der Waals surface area contributed by atoms with Gasteiger partial charge in [-0.05, 0) is 41.5 Å². The Kier molecular flexibility index (Phi) is 3.86. The highest BCUT2D eigenvalue weighted by Gasteiger charge is 2.07. The molecule has 0 saturated heterocycles. The molecule has 0 saturated carbocycles. The number of pyridine rings is 1. The SMILES string of the molecule is COc1cccc(-c2nnn(CCc3ccncc3)n2)c1. The summed E-state index contributed by atoms with van der Waals surface area (Å²) in [4.78, 5) is 5.60. The Morgan fingerprint density at radius 2 is 2.00 bits per heavy atom. The first-order valence-corrected chi connectivity index (χ1v) is 6.66. The van der Waals surface area contributed by atoms with E-state index in [-0.39, 0.29) is 0 Å². The highest BCUT2D eigenvalue weighted by Crippen LogP contribution is 2.19. The number of ether oxygens (including phenoxy) is 1. The first kappa shape index (κ1) is 13.2. The van der Waals surface area contributed by atoms with Gasteiger partial charge in [-0.3, -0.25) is 4.98 Å². The number of hydrogen-bond acceptors (Lipinski definition) is 5. The molecule has 0 aliphatic rings. The van der Waals surface area contributed by atoms with Gasteiger partial charge in [0.2, 0.25) is 5.82 Å². The van der Waals surface area contributed by atoms with Gasteiger partial charge in [-0.25, -0.2) is 0 Å². The van der Waals surface area contributed by atoms with Crippen molar-refractivity contribution in [2.24, 2.45) is 0 Å². The Bertz CT molecular complexity index is 711. The fraction of sp³-hybridized carbons (Fsp3) is 0.200. The highest BCUT2D eigenvalue weighted by atomic mass is 16.5. The summed E-state index contributed by atoms with van der Waals surface area (Å²) in [5, 5.41) is 12.6. The van der Waals surface area contributed by atoms with Crippen molar-refractivity contribution >= 4 is 0 Å². The Hall–Kier alpha value is -2.76. The monoisotopic (exact) mass is 281 g/mol. The van der Waals surface area contributed by atoms with E-state index in [1.165, 1.54) is 5.56 Å². The maximum Gasteiger partial charge on any atom is 0.205 e. The molecule has 3 rings (SSSR count). The summed E-state index contributed by atoms with van der Waals surface area (Å²) in [6, 6.07) is 11.6. The molecule has 0 radical (unpaired) electrons. The van der Waals surface area contributed by atoms with E-state index < -0.39 is 0 Å². The molecule has 0 fully saturated rings. The number of nitrogens with zero attached hydrogens (tertiary/aromatic N) is 5. The predicted molar refractivity (Wildman–Crippen MR) is 77.7 cm³/mol. The van der Waals surface area contributed by atoms with Gasteiger partial charge in [0.25, 0.3) is 0 Å². The molecule has 6 nitrogen and oxygen atoms in total. The normalized spacial score (nSPS) is 10.5. The van der Waals surface area contributed by atoms with Crippen LogP contribution in [0.25, 0.3) is 11.4 Å². The van der Waals surface area contributed by atoms with Crippen molar-refractivity contribution in [3.63, 3.8) is 0 Å². The molecule has 0 aliphatic heterocycles. The molecule has 0 amide bonds. The van der Waals surface area contributed by atoms with Gasteiger partial charge in [0, 0.05) is 18.0 Å². The quantitative estimate of drug-likeness (QED) is 0.715. The second-order valence-corrected chi connectivity index (χ2v) is 4.55. The molecule has 0 N–H and O–H groups in total. The van der Waals surface area contributed by atoms with Crippen LogP contribution in [-0.2, 0) is 13.0 Å². The van der Waals surface area contributed by atoms with Crippen LogP contribution in [0.2, 0.25) is 0 Å². The summed E-state index contributed by atoms with van der Waals surface area (Å²) in [7, 11) is 1.64. The van der Waals surface area contributed by atoms with Crippen molar-refractivity contribution in [3.8, 4) is 17.1 Å². The van der Waals surface area contributed by atoms with E-state index in [4.69, 9.17) is 4.74 Å². The van der Waals surface area contributed by atoms with E-state index >= 15 is 0 Å². The summed E-state index contributed by atoms with van der Waals surface area (Å²) in [6.45, 7) is 0.682. The zero-order valence-corrected chi connectivity index (χ0v) is 11.7. The van der Waals surface area contributed by atoms with Gasteiger partial charge >= 0.3 is 0 Å². The Morgan fingerprint density at radius 1 is 1.14 bits per heavy atom. The van der Waals surface area contributed by atoms with Gasteiger partial charge in [0.15, 0.2) is 0 Å². The molecule has 106 valence electrons. The smallest absolute Gasteiger partial charge is 0.205 e. The number of methoxy groups -OCH3 is 1. The van der Waals surface area contributed by atoms with Crippen LogP contribution < -0.4 is 4.74 Å². The average Bonchev–Trinajstić information content (AvgIpc) is 3.03. The van der Waals surface area contributed by atoms with Crippen LogP contribution in [0.4, 0.5) is 0 Å². The standard InChI is InChI=1S/C15H15N5O/c1-21-14-4-2-3-13(11-14)15-17-19-20(18-15)10-7-12-5-8-16-9-6-12/h2-6,8-9,11H,7,10H2,1H3. The maximum atomic E-state index is 5.20. The van der Waals surface area contributed by atoms with E-state index in [0.717, 1.165) is 17.7 Å². The number of hydrogen-bond donors (Lipinski definition) is 0. The van der Waals surface area contributed by atoms with Crippen molar-refractivity contribution < 1.29 is 4.74 Å². The Labute approximate surface area is 122 Å². The second-order valence-electron chi connectivity index (χ2n) is 4.55. The van der Waals surface area contributed by atoms with Crippen LogP contribution in [0, 0.1) is 0 Å². The van der Waals surface area contributed by atoms with Crippen molar-refractivity contribution in [2.75, 3.05) is 7.11 Å². The van der Waals surface area contributed by atoms with Crippen LogP contribution in [-0.4, -0.2) is 32.3 Å². The summed E-state index contributed by atoms with van der Waals surface area (Å²) in [5.41, 5.74) is 2.09. The van der Waals surface area contributed by atoms with Crippen molar-refractivity contribution in [1.29, 1.82) is 0 Å². The zero-order valence-electron chi connectivity index (χ0n) is 11.7. The van der Waals surface area contributed by atoms with Crippen molar-refractivity contribution in [3.05, 3.63) is 54.4 Å². The number of aromatic nitrogens is 5. The molecule has 21 heavy (non-hydrogen) atoms. The minimum atomic E-state index is 0.601. The van der Waals surface area contributed by atoms with Gasteiger partial charge < -0.3 is 4.74 Å². The molecule has 2 heterocycles. The first-order chi connectivity index (χ1) is 10.3. The third-order valence-electron chi connectivity index (χ3n) is 3.13. The number of tetrazole rings is 1. The molecule has 3 aromatic rings. The molecule has 6 heteroatoms. The third kappa shape index (κ3) is 3.22. The molecule has 0 spiro atoms. The molecular formula is C15H15N5O. The topological polar surface area (TPSA) is 65.7 Å². The van der Waals surface area contributed by atoms with Crippen LogP contribution >= 0.6 is 0 Å². The van der Waals surface area contributed by atoms with Crippen LogP contribution in [0.5, 0.6) is 5.75 Å². The lowest BCUT2D eigenvalue weighted by Crippen LogP contribution is -2.05. The van der Waals surface area contributed by atoms with E-state index in [1.807, 2.05) is 36.4 Å². The van der Waals surface area contributed by atoms with Gasteiger partial charge in [0.05, 0.1) is 13.7 Å². The Morgan fingerprint density at radius 3 is 2.81 bits per heavy atom. The third-order valence-corrected chi connectivity index (χ3v) is 3.13. The molecule has 0 atom stereocenters. The fourth-order valence-corrected chi connectivity index (χ4v) is 1.99. The van der Waals surface area contributed by atoms with Crippen LogP contribution in [0.15, 0.2) is 48.8 Å². The average molecular weight is 281 g/mol. The lowest BCUT2D eigenvalue weighted by atomic mass is 10.2. The Balaban J connectivity index is 1.71. The van der Waals surface area contributed by atoms with E-state index in [2.05, 4.69) is 20.4 Å². The summed E-state index contributed by atoms with van der Waals surface area (Å²) in [5.74, 6) is 1.38. The van der Waals surface area contributed by atoms with Crippen molar-refractivity contribution in [1.82, 2.24) is 25.2 Å². The van der Waals surface area contributed by atoms with Gasteiger partial charge in [-0.15, -0.1) is 10.2 Å². The molecule has 0 bridgehead atoms. The summed E-state index contributed by atoms with van der Waals surface area (Å²) in [6.07, 6.45) is 4.41. The van der Waals surface area contributed by atoms with Gasteiger partial charge in [0.1, 0.15) is 5.75 Å². The van der Waals surface area contributed by atoms with Gasteiger partial charge in [-0.1, -0.05) is 12.1 Å². The van der Waals surface area contributed by atoms with Gasteiger partial charge in [-0.2, -0.15) is 4.80 Å². The lowest BCUT2D eigenvalue weighted by molar-refractivity contribution is 0.415. The maximum absolute atomic E-state index is 5.20. The molecule has 2 aromatic heterocycles. The summed E-state index contributed by atoms with van der Waals surface area (Å²) >= 11 is 0. The first-order valence-electron chi connectivity index (χ1n) is 6.66. The minimum absolute atomic E-state index is 0.601. The molecule has 0 aliphatic carbocycles. The largest absolute Gasteiger partial charge is 0.497 e. The lowest BCUT2D eigenvalue weighted by Gasteiger charge is -2.00. The number of benzene rings is 1. The fourth-order valence-electron chi connectivity index (χ4n) is 1.99. The van der Waals surface area contributed by atoms with E-state index in [9.17, 15) is 0 Å². The number of aryl methyl sites for hydroxylation is 2. The highest BCUT2D eigenvalue weighted by molar-refractivity contribution is 5.56. The minimum Gasteiger partial charge on any atom is -0.497 e. The van der Waals surface area contributed by atoms with E-state index in [1.54, 1.807) is 24.3 Å². The molecule has 0 unspecified atom stereocenters. The predicted octanol–water partition coefficient (Wildman–Crippen LogP) is 1.99. The summed E-state index contributed by atoms with van der Waals surface area (Å²) < 4.78 is 5.20. The zero-order chi connectivity index (χ0) is 14.5. The number of rotatable bonds is 5. The van der Waals surface area contributed by atoms with Crippen LogP contribution in [0.1, 0.15) is 5.56 Å². The van der Waals surface area contributed by atoms with Crippen LogP contribution in [0.3, 0.4) is 0 Å². The molecule has 1 aromatic carbocycles.